The number of hydrogen-bond donors (Lipinski definition) is 1. The SMILES string of the molecule is Cc1occc1-c1nnc(SC2CCN(c3ccccc3Cl)C2=O)n1N. The molecule has 1 aliphatic heterocycles. The number of aromatic nitrogens is 3. The summed E-state index contributed by atoms with van der Waals surface area (Å²) in [5.41, 5.74) is 1.51. The lowest BCUT2D eigenvalue weighted by molar-refractivity contribution is -0.116. The van der Waals surface area contributed by atoms with Crippen molar-refractivity contribution in [2.75, 3.05) is 17.3 Å². The average molecular weight is 390 g/mol. The molecule has 1 saturated heterocycles. The van der Waals surface area contributed by atoms with Gasteiger partial charge in [0, 0.05) is 6.54 Å². The van der Waals surface area contributed by atoms with Crippen LogP contribution in [0.25, 0.3) is 11.4 Å². The number of benzene rings is 1. The topological polar surface area (TPSA) is 90.2 Å². The molecule has 1 unspecified atom stereocenters. The third-order valence-electron chi connectivity index (χ3n) is 4.31. The lowest BCUT2D eigenvalue weighted by Gasteiger charge is -2.17. The highest BCUT2D eigenvalue weighted by Gasteiger charge is 2.35. The van der Waals surface area contributed by atoms with E-state index in [0.29, 0.717) is 34.7 Å². The zero-order valence-electron chi connectivity index (χ0n) is 13.9. The number of nitrogens with zero attached hydrogens (tertiary/aromatic N) is 4. The number of thioether (sulfide) groups is 1. The number of aryl methyl sites for hydroxylation is 1. The lowest BCUT2D eigenvalue weighted by atomic mass is 10.2. The van der Waals surface area contributed by atoms with Crippen LogP contribution in [0.2, 0.25) is 5.02 Å². The molecule has 26 heavy (non-hydrogen) atoms. The molecule has 0 saturated carbocycles. The van der Waals surface area contributed by atoms with Gasteiger partial charge < -0.3 is 15.2 Å². The van der Waals surface area contributed by atoms with Gasteiger partial charge >= 0.3 is 0 Å². The highest BCUT2D eigenvalue weighted by atomic mass is 35.5. The van der Waals surface area contributed by atoms with Crippen molar-refractivity contribution in [1.29, 1.82) is 0 Å². The largest absolute Gasteiger partial charge is 0.469 e. The van der Waals surface area contributed by atoms with Crippen LogP contribution in [0, 0.1) is 6.92 Å². The van der Waals surface area contributed by atoms with Crippen LogP contribution in [0.15, 0.2) is 46.2 Å². The van der Waals surface area contributed by atoms with Gasteiger partial charge in [-0.1, -0.05) is 35.5 Å². The van der Waals surface area contributed by atoms with E-state index in [1.165, 1.54) is 16.4 Å². The van der Waals surface area contributed by atoms with Crippen molar-refractivity contribution in [3.8, 4) is 11.4 Å². The van der Waals surface area contributed by atoms with E-state index in [0.717, 1.165) is 11.3 Å². The van der Waals surface area contributed by atoms with Gasteiger partial charge in [-0.15, -0.1) is 10.2 Å². The third-order valence-corrected chi connectivity index (χ3v) is 5.84. The van der Waals surface area contributed by atoms with Crippen molar-refractivity contribution < 1.29 is 9.21 Å². The maximum absolute atomic E-state index is 12.8. The molecule has 3 heterocycles. The molecule has 3 aromatic rings. The Kier molecular flexibility index (Phi) is 4.37. The fourth-order valence-corrected chi connectivity index (χ4v) is 4.19. The Morgan fingerprint density at radius 1 is 1.31 bits per heavy atom. The summed E-state index contributed by atoms with van der Waals surface area (Å²) in [5, 5.41) is 9.04. The maximum atomic E-state index is 12.8. The fourth-order valence-electron chi connectivity index (χ4n) is 2.96. The molecule has 134 valence electrons. The minimum Gasteiger partial charge on any atom is -0.469 e. The lowest BCUT2D eigenvalue weighted by Crippen LogP contribution is -2.28. The van der Waals surface area contributed by atoms with Gasteiger partial charge in [-0.3, -0.25) is 4.79 Å². The van der Waals surface area contributed by atoms with Gasteiger partial charge in [0.15, 0.2) is 5.82 Å². The van der Waals surface area contributed by atoms with E-state index in [1.807, 2.05) is 25.1 Å². The number of rotatable bonds is 4. The van der Waals surface area contributed by atoms with Gasteiger partial charge in [0.1, 0.15) is 5.76 Å². The molecule has 1 atom stereocenters. The van der Waals surface area contributed by atoms with E-state index >= 15 is 0 Å². The zero-order valence-corrected chi connectivity index (χ0v) is 15.5. The van der Waals surface area contributed by atoms with Crippen molar-refractivity contribution >= 4 is 35.0 Å². The number of nitrogens with two attached hydrogens (primary N) is 1. The van der Waals surface area contributed by atoms with Gasteiger partial charge in [0.2, 0.25) is 11.1 Å². The Morgan fingerprint density at radius 2 is 2.12 bits per heavy atom. The Balaban J connectivity index is 1.54. The summed E-state index contributed by atoms with van der Waals surface area (Å²) in [6, 6.07) is 9.12. The molecule has 2 N–H and O–H groups in total. The summed E-state index contributed by atoms with van der Waals surface area (Å²) in [6.45, 7) is 2.44. The van der Waals surface area contributed by atoms with Gasteiger partial charge in [0.05, 0.1) is 27.8 Å². The molecular weight excluding hydrogens is 374 g/mol. The number of furan rings is 1. The molecule has 1 aromatic carbocycles. The number of anilines is 1. The minimum atomic E-state index is -0.281. The normalized spacial score (nSPS) is 17.2. The monoisotopic (exact) mass is 389 g/mol. The molecule has 0 bridgehead atoms. The second-order valence-corrected chi connectivity index (χ2v) is 7.48. The van der Waals surface area contributed by atoms with E-state index in [9.17, 15) is 4.79 Å². The van der Waals surface area contributed by atoms with Gasteiger partial charge in [-0.05, 0) is 31.5 Å². The van der Waals surface area contributed by atoms with Crippen LogP contribution in [-0.4, -0.2) is 32.6 Å². The quantitative estimate of drug-likeness (QED) is 0.689. The molecule has 4 rings (SSSR count). The summed E-state index contributed by atoms with van der Waals surface area (Å²) in [7, 11) is 0. The number of para-hydroxylation sites is 1. The van der Waals surface area contributed by atoms with Crippen molar-refractivity contribution in [1.82, 2.24) is 14.9 Å². The smallest absolute Gasteiger partial charge is 0.240 e. The first-order chi connectivity index (χ1) is 12.6. The predicted octanol–water partition coefficient (Wildman–Crippen LogP) is 3.11. The summed E-state index contributed by atoms with van der Waals surface area (Å²) in [6.07, 6.45) is 2.26. The summed E-state index contributed by atoms with van der Waals surface area (Å²) >= 11 is 7.54. The molecule has 9 heteroatoms. The van der Waals surface area contributed by atoms with Gasteiger partial charge in [0.25, 0.3) is 0 Å². The van der Waals surface area contributed by atoms with Crippen molar-refractivity contribution in [2.45, 2.75) is 23.8 Å². The number of carbonyl (C=O) groups excluding carboxylic acids is 1. The molecule has 1 aliphatic rings. The van der Waals surface area contributed by atoms with Crippen molar-refractivity contribution in [3.05, 3.63) is 47.4 Å². The Hall–Kier alpha value is -2.45. The van der Waals surface area contributed by atoms with Crippen LogP contribution in [0.4, 0.5) is 5.69 Å². The van der Waals surface area contributed by atoms with Crippen LogP contribution in [0.1, 0.15) is 12.2 Å². The Labute approximate surface area is 159 Å². The second kappa shape index (κ2) is 6.69. The number of nitrogen functional groups attached to an aromatic ring is 1. The first-order valence-corrected chi connectivity index (χ1v) is 9.29. The molecule has 0 aliphatic carbocycles. The van der Waals surface area contributed by atoms with Crippen LogP contribution in [0.5, 0.6) is 0 Å². The Bertz CT molecular complexity index is 970. The molecule has 2 aromatic heterocycles. The third kappa shape index (κ3) is 2.85. The molecule has 0 radical (unpaired) electrons. The molecule has 1 fully saturated rings. The fraction of sp³-hybridized carbons (Fsp3) is 0.235. The minimum absolute atomic E-state index is 0.00728. The summed E-state index contributed by atoms with van der Waals surface area (Å²) in [5.74, 6) is 7.35. The summed E-state index contributed by atoms with van der Waals surface area (Å²) < 4.78 is 6.69. The van der Waals surface area contributed by atoms with Crippen LogP contribution in [-0.2, 0) is 4.79 Å². The van der Waals surface area contributed by atoms with Gasteiger partial charge in [-0.2, -0.15) is 0 Å². The van der Waals surface area contributed by atoms with Gasteiger partial charge in [-0.25, -0.2) is 4.68 Å². The molecule has 7 nitrogen and oxygen atoms in total. The second-order valence-electron chi connectivity index (χ2n) is 5.90. The molecular formula is C17H16ClN5O2S. The number of amides is 1. The molecule has 1 amide bonds. The van der Waals surface area contributed by atoms with Crippen LogP contribution in [0.3, 0.4) is 0 Å². The van der Waals surface area contributed by atoms with Crippen LogP contribution >= 0.6 is 23.4 Å². The van der Waals surface area contributed by atoms with Crippen molar-refractivity contribution in [3.63, 3.8) is 0 Å². The van der Waals surface area contributed by atoms with E-state index in [4.69, 9.17) is 21.9 Å². The van der Waals surface area contributed by atoms with Crippen LogP contribution < -0.4 is 10.7 Å². The van der Waals surface area contributed by atoms with E-state index in [-0.39, 0.29) is 11.2 Å². The number of carbonyl (C=O) groups is 1. The Morgan fingerprint density at radius 3 is 2.85 bits per heavy atom. The number of hydrogen-bond acceptors (Lipinski definition) is 6. The van der Waals surface area contributed by atoms with E-state index < -0.39 is 0 Å². The van der Waals surface area contributed by atoms with E-state index in [2.05, 4.69) is 10.2 Å². The van der Waals surface area contributed by atoms with E-state index in [1.54, 1.807) is 23.3 Å². The summed E-state index contributed by atoms with van der Waals surface area (Å²) in [4.78, 5) is 14.5. The zero-order chi connectivity index (χ0) is 18.3. The molecule has 0 spiro atoms. The standard InChI is InChI=1S/C17H16ClN5O2S/c1-10-11(7-9-25-10)15-20-21-17(23(15)19)26-14-6-8-22(16(14)24)13-5-3-2-4-12(13)18/h2-5,7,9,14H,6,8,19H2,1H3. The average Bonchev–Trinajstić information content (AvgIpc) is 3.30. The predicted molar refractivity (Wildman–Crippen MR) is 101 cm³/mol. The first-order valence-electron chi connectivity index (χ1n) is 8.04. The van der Waals surface area contributed by atoms with Crippen molar-refractivity contribution in [2.24, 2.45) is 0 Å². The first kappa shape index (κ1) is 17.0. The highest BCUT2D eigenvalue weighted by molar-refractivity contribution is 8.00. The highest BCUT2D eigenvalue weighted by Crippen LogP contribution is 2.35. The maximum Gasteiger partial charge on any atom is 0.240 e. The number of halogens is 1.